The molecule has 0 saturated heterocycles. The lowest BCUT2D eigenvalue weighted by molar-refractivity contribution is -0.120. The van der Waals surface area contributed by atoms with Crippen LogP contribution in [-0.2, 0) is 11.2 Å². The molecule has 0 atom stereocenters. The van der Waals surface area contributed by atoms with Crippen molar-refractivity contribution >= 4 is 5.91 Å². The van der Waals surface area contributed by atoms with Gasteiger partial charge >= 0.3 is 0 Å². The number of phenolic OH excluding ortho intramolecular Hbond substituents is 1. The van der Waals surface area contributed by atoms with Gasteiger partial charge in [0.05, 0.1) is 6.42 Å². The molecule has 29 heavy (non-hydrogen) atoms. The van der Waals surface area contributed by atoms with E-state index in [9.17, 15) is 9.90 Å². The summed E-state index contributed by atoms with van der Waals surface area (Å²) in [6, 6.07) is 6.82. The quantitative estimate of drug-likeness (QED) is 0.204. The highest BCUT2D eigenvalue weighted by Crippen LogP contribution is 2.11. The topological polar surface area (TPSA) is 49.3 Å². The van der Waals surface area contributed by atoms with Gasteiger partial charge in [-0.25, -0.2) is 0 Å². The van der Waals surface area contributed by atoms with Crippen LogP contribution in [-0.4, -0.2) is 17.6 Å². The van der Waals surface area contributed by atoms with Crippen LogP contribution in [0.3, 0.4) is 0 Å². The number of phenols is 1. The molecule has 0 bridgehead atoms. The first kappa shape index (κ1) is 25.3. The normalized spacial score (nSPS) is 11.2. The predicted octanol–water partition coefficient (Wildman–Crippen LogP) is 7.09. The van der Waals surface area contributed by atoms with Crippen LogP contribution in [0, 0.1) is 0 Å². The van der Waals surface area contributed by atoms with E-state index in [0.29, 0.717) is 6.42 Å². The number of carbonyl (C=O) groups excluding carboxylic acids is 1. The van der Waals surface area contributed by atoms with E-state index in [1.807, 2.05) is 0 Å². The molecule has 0 aromatic heterocycles. The molecule has 164 valence electrons. The first-order valence-electron chi connectivity index (χ1n) is 11.9. The van der Waals surface area contributed by atoms with E-state index in [-0.39, 0.29) is 11.7 Å². The van der Waals surface area contributed by atoms with Crippen LogP contribution in [0.2, 0.25) is 0 Å². The summed E-state index contributed by atoms with van der Waals surface area (Å²) in [7, 11) is 0. The summed E-state index contributed by atoms with van der Waals surface area (Å²) in [5, 5.41) is 12.2. The summed E-state index contributed by atoms with van der Waals surface area (Å²) in [6.45, 7) is 3.03. The summed E-state index contributed by atoms with van der Waals surface area (Å²) < 4.78 is 0. The van der Waals surface area contributed by atoms with Gasteiger partial charge in [-0.2, -0.15) is 0 Å². The molecule has 0 heterocycles. The van der Waals surface area contributed by atoms with E-state index in [0.717, 1.165) is 18.5 Å². The van der Waals surface area contributed by atoms with Crippen molar-refractivity contribution in [1.29, 1.82) is 0 Å². The smallest absolute Gasteiger partial charge is 0.224 e. The lowest BCUT2D eigenvalue weighted by Crippen LogP contribution is -2.26. The van der Waals surface area contributed by atoms with Gasteiger partial charge in [0.2, 0.25) is 5.91 Å². The Hall–Kier alpha value is -1.77. The molecule has 1 amide bonds. The number of nitrogens with one attached hydrogen (secondary N) is 1. The second-order valence-electron chi connectivity index (χ2n) is 8.13. The van der Waals surface area contributed by atoms with Gasteiger partial charge < -0.3 is 10.4 Å². The number of hydrogen-bond acceptors (Lipinski definition) is 2. The lowest BCUT2D eigenvalue weighted by atomic mass is 10.1. The Kier molecular flexibility index (Phi) is 15.9. The molecule has 2 N–H and O–H groups in total. The first-order chi connectivity index (χ1) is 14.2. The maximum Gasteiger partial charge on any atom is 0.224 e. The highest BCUT2D eigenvalue weighted by atomic mass is 16.3. The van der Waals surface area contributed by atoms with Gasteiger partial charge in [-0.3, -0.25) is 4.79 Å². The summed E-state index contributed by atoms with van der Waals surface area (Å²) in [5.74, 6) is 0.293. The zero-order valence-electron chi connectivity index (χ0n) is 18.6. The van der Waals surface area contributed by atoms with Crippen molar-refractivity contribution in [1.82, 2.24) is 5.32 Å². The molecule has 0 aliphatic carbocycles. The van der Waals surface area contributed by atoms with Crippen LogP contribution >= 0.6 is 0 Å². The van der Waals surface area contributed by atoms with Crippen LogP contribution in [0.4, 0.5) is 0 Å². The van der Waals surface area contributed by atoms with Crippen molar-refractivity contribution in [3.05, 3.63) is 42.0 Å². The Morgan fingerprint density at radius 3 is 1.90 bits per heavy atom. The zero-order chi connectivity index (χ0) is 21.0. The number of unbranched alkanes of at least 4 members (excludes halogenated alkanes) is 12. The number of rotatable bonds is 18. The minimum atomic E-state index is 0.0587. The fourth-order valence-electron chi connectivity index (χ4n) is 3.46. The zero-order valence-corrected chi connectivity index (χ0v) is 18.6. The number of benzene rings is 1. The van der Waals surface area contributed by atoms with E-state index < -0.39 is 0 Å². The average Bonchev–Trinajstić information content (AvgIpc) is 2.72. The number of allylic oxidation sites excluding steroid dienone is 2. The minimum absolute atomic E-state index is 0.0587. The van der Waals surface area contributed by atoms with Crippen molar-refractivity contribution in [3.63, 3.8) is 0 Å². The molecule has 3 nitrogen and oxygen atoms in total. The van der Waals surface area contributed by atoms with E-state index in [2.05, 4.69) is 24.4 Å². The molecular formula is C26H43NO2. The standard InChI is InChI=1S/C26H43NO2/c1-2-3-4-5-6-7-8-9-10-11-12-13-14-15-16-17-22-27-26(29)23-24-18-20-25(28)21-19-24/h9-10,18-21,28H,2-8,11-17,22-23H2,1H3,(H,27,29). The molecule has 1 rings (SSSR count). The number of carbonyl (C=O) groups is 1. The highest BCUT2D eigenvalue weighted by Gasteiger charge is 2.02. The van der Waals surface area contributed by atoms with Gasteiger partial charge in [0, 0.05) is 6.54 Å². The van der Waals surface area contributed by atoms with Gasteiger partial charge in [-0.05, 0) is 49.8 Å². The number of aromatic hydroxyl groups is 1. The van der Waals surface area contributed by atoms with Gasteiger partial charge in [0.25, 0.3) is 0 Å². The van der Waals surface area contributed by atoms with Crippen LogP contribution in [0.15, 0.2) is 36.4 Å². The Bertz CT molecular complexity index is 536. The molecular weight excluding hydrogens is 358 g/mol. The second-order valence-corrected chi connectivity index (χ2v) is 8.13. The van der Waals surface area contributed by atoms with Crippen LogP contribution in [0.5, 0.6) is 5.75 Å². The van der Waals surface area contributed by atoms with Gasteiger partial charge in [0.15, 0.2) is 0 Å². The summed E-state index contributed by atoms with van der Waals surface area (Å²) in [6.07, 6.45) is 23.3. The molecule has 0 saturated carbocycles. The van der Waals surface area contributed by atoms with Gasteiger partial charge in [-0.1, -0.05) is 89.0 Å². The SMILES string of the molecule is CCCCCCCCC=CCCCCCCCCNC(=O)Cc1ccc(O)cc1. The van der Waals surface area contributed by atoms with E-state index in [1.165, 1.54) is 83.5 Å². The Labute approximate surface area is 179 Å². The monoisotopic (exact) mass is 401 g/mol. The van der Waals surface area contributed by atoms with E-state index in [4.69, 9.17) is 0 Å². The Morgan fingerprint density at radius 2 is 1.31 bits per heavy atom. The molecule has 0 spiro atoms. The van der Waals surface area contributed by atoms with Gasteiger partial charge in [0.1, 0.15) is 5.75 Å². The first-order valence-corrected chi connectivity index (χ1v) is 11.9. The molecule has 0 unspecified atom stereocenters. The fourth-order valence-corrected chi connectivity index (χ4v) is 3.46. The lowest BCUT2D eigenvalue weighted by Gasteiger charge is -2.05. The molecule has 0 aliphatic rings. The average molecular weight is 402 g/mol. The molecule has 1 aromatic rings. The van der Waals surface area contributed by atoms with Crippen LogP contribution in [0.25, 0.3) is 0 Å². The van der Waals surface area contributed by atoms with Crippen molar-refractivity contribution in [2.75, 3.05) is 6.54 Å². The molecule has 0 fully saturated rings. The maximum atomic E-state index is 11.9. The summed E-state index contributed by atoms with van der Waals surface area (Å²) in [5.41, 5.74) is 0.932. The number of amides is 1. The third kappa shape index (κ3) is 15.8. The van der Waals surface area contributed by atoms with Crippen molar-refractivity contribution < 1.29 is 9.90 Å². The minimum Gasteiger partial charge on any atom is -0.508 e. The molecule has 0 aliphatic heterocycles. The summed E-state index contributed by atoms with van der Waals surface area (Å²) >= 11 is 0. The van der Waals surface area contributed by atoms with Crippen LogP contribution < -0.4 is 5.32 Å². The second kappa shape index (κ2) is 18.3. The molecule has 3 heteroatoms. The van der Waals surface area contributed by atoms with Crippen LogP contribution in [0.1, 0.15) is 102 Å². The Morgan fingerprint density at radius 1 is 0.793 bits per heavy atom. The fraction of sp³-hybridized carbons (Fsp3) is 0.654. The number of hydrogen-bond donors (Lipinski definition) is 2. The third-order valence-electron chi connectivity index (χ3n) is 5.31. The maximum absolute atomic E-state index is 11.9. The predicted molar refractivity (Wildman–Crippen MR) is 124 cm³/mol. The molecule has 0 radical (unpaired) electrons. The largest absolute Gasteiger partial charge is 0.508 e. The summed E-state index contributed by atoms with van der Waals surface area (Å²) in [4.78, 5) is 11.9. The van der Waals surface area contributed by atoms with E-state index >= 15 is 0 Å². The molecule has 1 aromatic carbocycles. The van der Waals surface area contributed by atoms with Crippen molar-refractivity contribution in [2.24, 2.45) is 0 Å². The Balaban J connectivity index is 1.82. The third-order valence-corrected chi connectivity index (χ3v) is 5.31. The van der Waals surface area contributed by atoms with Gasteiger partial charge in [-0.15, -0.1) is 0 Å². The highest BCUT2D eigenvalue weighted by molar-refractivity contribution is 5.78. The van der Waals surface area contributed by atoms with Crippen molar-refractivity contribution in [2.45, 2.75) is 103 Å². The van der Waals surface area contributed by atoms with E-state index in [1.54, 1.807) is 24.3 Å². The van der Waals surface area contributed by atoms with Crippen molar-refractivity contribution in [3.8, 4) is 5.75 Å².